The molecule has 0 aliphatic heterocycles. The van der Waals surface area contributed by atoms with E-state index in [9.17, 15) is 9.59 Å². The number of furan rings is 1. The summed E-state index contributed by atoms with van der Waals surface area (Å²) in [6, 6.07) is 3.60. The number of carboxylic acid groups (broad SMARTS) is 1. The molecule has 1 amide bonds. The smallest absolute Gasteiger partial charge is 0.311 e. The summed E-state index contributed by atoms with van der Waals surface area (Å²) in [7, 11) is 0. The molecule has 0 saturated heterocycles. The standard InChI is InChI=1S/C13H17NO4/c15-11(5-4-10-3-1-8-18-10)14-9-13(12(16)17)6-2-7-13/h1,3,8H,2,4-7,9H2,(H,14,15)(H,16,17). The van der Waals surface area contributed by atoms with Crippen molar-refractivity contribution in [2.24, 2.45) is 5.41 Å². The lowest BCUT2D eigenvalue weighted by atomic mass is 9.69. The first-order valence-electron chi connectivity index (χ1n) is 6.15. The molecular weight excluding hydrogens is 234 g/mol. The van der Waals surface area contributed by atoms with Crippen molar-refractivity contribution in [1.82, 2.24) is 5.32 Å². The summed E-state index contributed by atoms with van der Waals surface area (Å²) in [5.74, 6) is -0.166. The minimum absolute atomic E-state index is 0.126. The molecule has 1 aliphatic carbocycles. The highest BCUT2D eigenvalue weighted by Gasteiger charge is 2.44. The Hall–Kier alpha value is -1.78. The van der Waals surface area contributed by atoms with E-state index in [0.717, 1.165) is 12.2 Å². The molecule has 2 N–H and O–H groups in total. The fourth-order valence-electron chi connectivity index (χ4n) is 2.12. The van der Waals surface area contributed by atoms with Gasteiger partial charge in [0.15, 0.2) is 0 Å². The van der Waals surface area contributed by atoms with Crippen molar-refractivity contribution in [2.75, 3.05) is 6.54 Å². The van der Waals surface area contributed by atoms with Crippen molar-refractivity contribution in [3.8, 4) is 0 Å². The zero-order valence-corrected chi connectivity index (χ0v) is 10.1. The number of hydrogen-bond donors (Lipinski definition) is 2. The second-order valence-electron chi connectivity index (χ2n) is 4.80. The number of hydrogen-bond acceptors (Lipinski definition) is 3. The van der Waals surface area contributed by atoms with Gasteiger partial charge in [-0.05, 0) is 25.0 Å². The largest absolute Gasteiger partial charge is 0.481 e. The van der Waals surface area contributed by atoms with Gasteiger partial charge in [0.1, 0.15) is 5.76 Å². The fraction of sp³-hybridized carbons (Fsp3) is 0.538. The molecule has 0 bridgehead atoms. The van der Waals surface area contributed by atoms with Crippen LogP contribution in [0.2, 0.25) is 0 Å². The lowest BCUT2D eigenvalue weighted by Gasteiger charge is -2.37. The van der Waals surface area contributed by atoms with E-state index in [1.165, 1.54) is 0 Å². The highest BCUT2D eigenvalue weighted by Crippen LogP contribution is 2.40. The summed E-state index contributed by atoms with van der Waals surface area (Å²) in [6.07, 6.45) is 4.67. The average Bonchev–Trinajstić information content (AvgIpc) is 2.77. The van der Waals surface area contributed by atoms with Gasteiger partial charge in [-0.1, -0.05) is 6.42 Å². The van der Waals surface area contributed by atoms with Crippen molar-refractivity contribution in [2.45, 2.75) is 32.1 Å². The van der Waals surface area contributed by atoms with Gasteiger partial charge in [0.05, 0.1) is 11.7 Å². The minimum Gasteiger partial charge on any atom is -0.481 e. The van der Waals surface area contributed by atoms with Gasteiger partial charge in [0.2, 0.25) is 5.91 Å². The van der Waals surface area contributed by atoms with Crippen molar-refractivity contribution < 1.29 is 19.1 Å². The molecular formula is C13H17NO4. The Bertz CT molecular complexity index is 420. The maximum Gasteiger partial charge on any atom is 0.311 e. The Morgan fingerprint density at radius 3 is 2.72 bits per heavy atom. The minimum atomic E-state index is -0.805. The van der Waals surface area contributed by atoms with E-state index in [4.69, 9.17) is 9.52 Å². The second-order valence-corrected chi connectivity index (χ2v) is 4.80. The number of carbonyl (C=O) groups is 2. The topological polar surface area (TPSA) is 79.5 Å². The maximum atomic E-state index is 11.6. The number of nitrogens with one attached hydrogen (secondary N) is 1. The first-order chi connectivity index (χ1) is 8.62. The van der Waals surface area contributed by atoms with Gasteiger partial charge in [0, 0.05) is 19.4 Å². The molecule has 1 fully saturated rings. The van der Waals surface area contributed by atoms with Gasteiger partial charge in [-0.2, -0.15) is 0 Å². The molecule has 1 heterocycles. The zero-order chi connectivity index (χ0) is 13.0. The summed E-state index contributed by atoms with van der Waals surface area (Å²) < 4.78 is 5.13. The van der Waals surface area contributed by atoms with E-state index in [1.807, 2.05) is 6.07 Å². The summed E-state index contributed by atoms with van der Waals surface area (Å²) >= 11 is 0. The molecule has 1 saturated carbocycles. The van der Waals surface area contributed by atoms with Crippen molar-refractivity contribution in [1.29, 1.82) is 0 Å². The van der Waals surface area contributed by atoms with Crippen molar-refractivity contribution in [3.05, 3.63) is 24.2 Å². The second kappa shape index (κ2) is 5.25. The Morgan fingerprint density at radius 2 is 2.22 bits per heavy atom. The number of carboxylic acids is 1. The van der Waals surface area contributed by atoms with Crippen molar-refractivity contribution in [3.63, 3.8) is 0 Å². The lowest BCUT2D eigenvalue weighted by molar-refractivity contribution is -0.154. The van der Waals surface area contributed by atoms with Crippen LogP contribution in [0.3, 0.4) is 0 Å². The van der Waals surface area contributed by atoms with Crippen LogP contribution < -0.4 is 5.32 Å². The number of aliphatic carboxylic acids is 1. The van der Waals surface area contributed by atoms with E-state index in [-0.39, 0.29) is 12.5 Å². The number of carbonyl (C=O) groups excluding carboxylic acids is 1. The fourth-order valence-corrected chi connectivity index (χ4v) is 2.12. The summed E-state index contributed by atoms with van der Waals surface area (Å²) in [4.78, 5) is 22.7. The first-order valence-corrected chi connectivity index (χ1v) is 6.15. The number of rotatable bonds is 6. The van der Waals surface area contributed by atoms with Crippen LogP contribution in [-0.2, 0) is 16.0 Å². The van der Waals surface area contributed by atoms with Gasteiger partial charge in [-0.3, -0.25) is 9.59 Å². The van der Waals surface area contributed by atoms with E-state index in [1.54, 1.807) is 12.3 Å². The van der Waals surface area contributed by atoms with E-state index >= 15 is 0 Å². The Labute approximate surface area is 105 Å². The van der Waals surface area contributed by atoms with Crippen LogP contribution in [0.15, 0.2) is 22.8 Å². The molecule has 5 heteroatoms. The molecule has 0 atom stereocenters. The van der Waals surface area contributed by atoms with Crippen LogP contribution in [0.1, 0.15) is 31.4 Å². The van der Waals surface area contributed by atoms with Gasteiger partial charge in [-0.25, -0.2) is 0 Å². The summed E-state index contributed by atoms with van der Waals surface area (Å²) in [5, 5.41) is 11.8. The molecule has 0 spiro atoms. The van der Waals surface area contributed by atoms with Gasteiger partial charge < -0.3 is 14.8 Å². The Morgan fingerprint density at radius 1 is 1.44 bits per heavy atom. The highest BCUT2D eigenvalue weighted by atomic mass is 16.4. The van der Waals surface area contributed by atoms with Gasteiger partial charge >= 0.3 is 5.97 Å². The molecule has 1 aromatic heterocycles. The molecule has 0 radical (unpaired) electrons. The highest BCUT2D eigenvalue weighted by molar-refractivity contribution is 5.79. The summed E-state index contributed by atoms with van der Waals surface area (Å²) in [5.41, 5.74) is -0.722. The predicted molar refractivity (Wildman–Crippen MR) is 64.0 cm³/mol. The Balaban J connectivity index is 1.73. The van der Waals surface area contributed by atoms with E-state index < -0.39 is 11.4 Å². The maximum absolute atomic E-state index is 11.6. The normalized spacial score (nSPS) is 16.9. The van der Waals surface area contributed by atoms with Gasteiger partial charge in [0.25, 0.3) is 0 Å². The van der Waals surface area contributed by atoms with Crippen LogP contribution in [0.25, 0.3) is 0 Å². The molecule has 0 aromatic carbocycles. The SMILES string of the molecule is O=C(CCc1ccco1)NCC1(C(=O)O)CCC1. The number of aryl methyl sites for hydroxylation is 1. The average molecular weight is 251 g/mol. The number of amides is 1. The van der Waals surface area contributed by atoms with Crippen LogP contribution in [-0.4, -0.2) is 23.5 Å². The third kappa shape index (κ3) is 2.72. The van der Waals surface area contributed by atoms with Crippen molar-refractivity contribution >= 4 is 11.9 Å². The van der Waals surface area contributed by atoms with Crippen LogP contribution in [0, 0.1) is 5.41 Å². The Kier molecular flexibility index (Phi) is 3.69. The third-order valence-electron chi connectivity index (χ3n) is 3.57. The van der Waals surface area contributed by atoms with Crippen LogP contribution in [0.4, 0.5) is 0 Å². The first kappa shape index (κ1) is 12.7. The molecule has 1 aromatic rings. The lowest BCUT2D eigenvalue weighted by Crippen LogP contribution is -2.47. The predicted octanol–water partition coefficient (Wildman–Crippen LogP) is 1.58. The molecule has 98 valence electrons. The quantitative estimate of drug-likeness (QED) is 0.804. The van der Waals surface area contributed by atoms with Crippen LogP contribution in [0.5, 0.6) is 0 Å². The third-order valence-corrected chi connectivity index (χ3v) is 3.57. The molecule has 18 heavy (non-hydrogen) atoms. The van der Waals surface area contributed by atoms with Crippen LogP contribution >= 0.6 is 0 Å². The molecule has 1 aliphatic rings. The zero-order valence-electron chi connectivity index (χ0n) is 10.1. The monoisotopic (exact) mass is 251 g/mol. The van der Waals surface area contributed by atoms with Gasteiger partial charge in [-0.15, -0.1) is 0 Å². The van der Waals surface area contributed by atoms with E-state index in [0.29, 0.717) is 25.7 Å². The molecule has 0 unspecified atom stereocenters. The molecule has 2 rings (SSSR count). The van der Waals surface area contributed by atoms with E-state index in [2.05, 4.69) is 5.32 Å². The molecule has 5 nitrogen and oxygen atoms in total. The summed E-state index contributed by atoms with van der Waals surface area (Å²) in [6.45, 7) is 0.235.